The number of carbonyl (C=O) groups is 2. The SMILES string of the molecule is CCNC(=NCc1cccc(CN2CCCC2=O)c1)NC1CCN(CC(=O)NC)CC1. The summed E-state index contributed by atoms with van der Waals surface area (Å²) < 4.78 is 0. The molecule has 0 atom stereocenters. The van der Waals surface area contributed by atoms with E-state index in [1.165, 1.54) is 0 Å². The molecule has 0 unspecified atom stereocenters. The van der Waals surface area contributed by atoms with E-state index in [2.05, 4.69) is 46.0 Å². The van der Waals surface area contributed by atoms with E-state index in [0.29, 0.717) is 32.1 Å². The van der Waals surface area contributed by atoms with E-state index in [0.717, 1.165) is 62.5 Å². The first-order chi connectivity index (χ1) is 15.1. The molecule has 8 heteroatoms. The number of carbonyl (C=O) groups excluding carboxylic acids is 2. The van der Waals surface area contributed by atoms with Crippen LogP contribution in [0.4, 0.5) is 0 Å². The number of guanidine groups is 1. The molecule has 2 amide bonds. The molecule has 0 bridgehead atoms. The minimum Gasteiger partial charge on any atom is -0.358 e. The number of likely N-dealkylation sites (N-methyl/N-ethyl adjacent to an activating group) is 1. The van der Waals surface area contributed by atoms with E-state index < -0.39 is 0 Å². The fourth-order valence-electron chi connectivity index (χ4n) is 4.12. The molecule has 2 aliphatic rings. The Bertz CT molecular complexity index is 773. The summed E-state index contributed by atoms with van der Waals surface area (Å²) in [7, 11) is 1.68. The molecule has 0 aromatic heterocycles. The van der Waals surface area contributed by atoms with Gasteiger partial charge in [0.2, 0.25) is 11.8 Å². The van der Waals surface area contributed by atoms with Crippen molar-refractivity contribution < 1.29 is 9.59 Å². The second-order valence-corrected chi connectivity index (χ2v) is 8.30. The van der Waals surface area contributed by atoms with Crippen LogP contribution in [0.3, 0.4) is 0 Å². The smallest absolute Gasteiger partial charge is 0.233 e. The van der Waals surface area contributed by atoms with Crippen LogP contribution < -0.4 is 16.0 Å². The van der Waals surface area contributed by atoms with Gasteiger partial charge in [-0.05, 0) is 37.3 Å². The molecule has 31 heavy (non-hydrogen) atoms. The van der Waals surface area contributed by atoms with Gasteiger partial charge in [-0.3, -0.25) is 14.5 Å². The van der Waals surface area contributed by atoms with Crippen molar-refractivity contribution in [2.45, 2.75) is 51.7 Å². The Hall–Kier alpha value is -2.61. The number of rotatable bonds is 8. The Morgan fingerprint density at radius 1 is 1.19 bits per heavy atom. The standard InChI is InChI=1S/C23H36N6O2/c1-3-25-23(27-20-9-12-28(13-10-20)17-21(30)24-2)26-15-18-6-4-7-19(14-18)16-29-11-5-8-22(29)31/h4,6-7,14,20H,3,5,8-13,15-17H2,1-2H3,(H,24,30)(H2,25,26,27). The predicted molar refractivity (Wildman–Crippen MR) is 123 cm³/mol. The largest absolute Gasteiger partial charge is 0.358 e. The fraction of sp³-hybridized carbons (Fsp3) is 0.609. The van der Waals surface area contributed by atoms with Gasteiger partial charge in [-0.1, -0.05) is 24.3 Å². The van der Waals surface area contributed by atoms with Crippen LogP contribution in [0.1, 0.15) is 43.7 Å². The van der Waals surface area contributed by atoms with Gasteiger partial charge in [0, 0.05) is 52.2 Å². The molecule has 1 aromatic rings. The van der Waals surface area contributed by atoms with Gasteiger partial charge in [0.15, 0.2) is 5.96 Å². The molecule has 2 saturated heterocycles. The van der Waals surface area contributed by atoms with Crippen molar-refractivity contribution in [3.8, 4) is 0 Å². The Labute approximate surface area is 185 Å². The van der Waals surface area contributed by atoms with Crippen molar-refractivity contribution in [2.75, 3.05) is 39.8 Å². The first-order valence-corrected chi connectivity index (χ1v) is 11.4. The van der Waals surface area contributed by atoms with E-state index in [-0.39, 0.29) is 11.8 Å². The van der Waals surface area contributed by atoms with Crippen LogP contribution in [0.15, 0.2) is 29.3 Å². The van der Waals surface area contributed by atoms with Crippen molar-refractivity contribution in [3.63, 3.8) is 0 Å². The van der Waals surface area contributed by atoms with Crippen LogP contribution in [-0.2, 0) is 22.7 Å². The number of likely N-dealkylation sites (tertiary alicyclic amines) is 2. The van der Waals surface area contributed by atoms with E-state index in [1.807, 2.05) is 11.0 Å². The average Bonchev–Trinajstić information content (AvgIpc) is 3.18. The number of hydrogen-bond acceptors (Lipinski definition) is 4. The van der Waals surface area contributed by atoms with Crippen LogP contribution in [-0.4, -0.2) is 73.4 Å². The Kier molecular flexibility index (Phi) is 8.70. The molecular weight excluding hydrogens is 392 g/mol. The topological polar surface area (TPSA) is 89.1 Å². The lowest BCUT2D eigenvalue weighted by Crippen LogP contribution is -2.50. The highest BCUT2D eigenvalue weighted by Gasteiger charge is 2.21. The number of aliphatic imine (C=N–C) groups is 1. The Balaban J connectivity index is 1.52. The van der Waals surface area contributed by atoms with Gasteiger partial charge in [-0.25, -0.2) is 4.99 Å². The second-order valence-electron chi connectivity index (χ2n) is 8.30. The summed E-state index contributed by atoms with van der Waals surface area (Å²) in [6, 6.07) is 8.71. The number of piperidine rings is 1. The van der Waals surface area contributed by atoms with Crippen LogP contribution in [0.5, 0.6) is 0 Å². The molecule has 0 radical (unpaired) electrons. The lowest BCUT2D eigenvalue weighted by Gasteiger charge is -2.32. The molecule has 0 saturated carbocycles. The predicted octanol–water partition coefficient (Wildman–Crippen LogP) is 1.07. The number of hydrogen-bond donors (Lipinski definition) is 3. The maximum absolute atomic E-state index is 11.9. The third kappa shape index (κ3) is 7.24. The van der Waals surface area contributed by atoms with Crippen molar-refractivity contribution in [2.24, 2.45) is 4.99 Å². The van der Waals surface area contributed by atoms with Crippen molar-refractivity contribution in [3.05, 3.63) is 35.4 Å². The van der Waals surface area contributed by atoms with E-state index in [4.69, 9.17) is 4.99 Å². The van der Waals surface area contributed by atoms with E-state index >= 15 is 0 Å². The van der Waals surface area contributed by atoms with E-state index in [9.17, 15) is 9.59 Å². The number of benzene rings is 1. The molecule has 3 rings (SSSR count). The zero-order valence-electron chi connectivity index (χ0n) is 18.8. The van der Waals surface area contributed by atoms with Gasteiger partial charge in [0.05, 0.1) is 13.1 Å². The molecule has 8 nitrogen and oxygen atoms in total. The molecule has 2 aliphatic heterocycles. The monoisotopic (exact) mass is 428 g/mol. The Morgan fingerprint density at radius 3 is 2.65 bits per heavy atom. The molecule has 1 aromatic carbocycles. The van der Waals surface area contributed by atoms with Crippen LogP contribution in [0.2, 0.25) is 0 Å². The van der Waals surface area contributed by atoms with Crippen LogP contribution in [0, 0.1) is 0 Å². The number of nitrogens with one attached hydrogen (secondary N) is 3. The van der Waals surface area contributed by atoms with Crippen LogP contribution >= 0.6 is 0 Å². The van der Waals surface area contributed by atoms with Crippen molar-refractivity contribution in [1.82, 2.24) is 25.8 Å². The number of nitrogens with zero attached hydrogens (tertiary/aromatic N) is 3. The normalized spacial score (nSPS) is 18.3. The van der Waals surface area contributed by atoms with Gasteiger partial charge in [-0.2, -0.15) is 0 Å². The molecule has 170 valence electrons. The highest BCUT2D eigenvalue weighted by atomic mass is 16.2. The van der Waals surface area contributed by atoms with E-state index in [1.54, 1.807) is 7.05 Å². The summed E-state index contributed by atoms with van der Waals surface area (Å²) in [5, 5.41) is 9.58. The first-order valence-electron chi connectivity index (χ1n) is 11.4. The first kappa shape index (κ1) is 23.1. The molecule has 0 spiro atoms. The molecule has 0 aliphatic carbocycles. The minimum absolute atomic E-state index is 0.0673. The highest BCUT2D eigenvalue weighted by molar-refractivity contribution is 5.80. The average molecular weight is 429 g/mol. The van der Waals surface area contributed by atoms with Crippen molar-refractivity contribution >= 4 is 17.8 Å². The third-order valence-corrected chi connectivity index (χ3v) is 5.87. The maximum atomic E-state index is 11.9. The summed E-state index contributed by atoms with van der Waals surface area (Å²) >= 11 is 0. The van der Waals surface area contributed by atoms with Gasteiger partial charge < -0.3 is 20.9 Å². The summed E-state index contributed by atoms with van der Waals surface area (Å²) in [4.78, 5) is 32.4. The number of amides is 2. The van der Waals surface area contributed by atoms with Crippen LogP contribution in [0.25, 0.3) is 0 Å². The van der Waals surface area contributed by atoms with Crippen molar-refractivity contribution in [1.29, 1.82) is 0 Å². The second kappa shape index (κ2) is 11.7. The van der Waals surface area contributed by atoms with Gasteiger partial charge in [0.1, 0.15) is 0 Å². The lowest BCUT2D eigenvalue weighted by atomic mass is 10.1. The van der Waals surface area contributed by atoms with Gasteiger partial charge in [0.25, 0.3) is 0 Å². The summed E-state index contributed by atoms with van der Waals surface area (Å²) in [5.74, 6) is 1.15. The Morgan fingerprint density at radius 2 is 1.97 bits per heavy atom. The minimum atomic E-state index is 0.0673. The van der Waals surface area contributed by atoms with Gasteiger partial charge in [-0.15, -0.1) is 0 Å². The molecule has 2 heterocycles. The lowest BCUT2D eigenvalue weighted by molar-refractivity contribution is -0.128. The maximum Gasteiger partial charge on any atom is 0.233 e. The molecular formula is C23H36N6O2. The third-order valence-electron chi connectivity index (χ3n) is 5.87. The summed E-state index contributed by atoms with van der Waals surface area (Å²) in [6.07, 6.45) is 3.61. The highest BCUT2D eigenvalue weighted by Crippen LogP contribution is 2.16. The zero-order valence-corrected chi connectivity index (χ0v) is 18.8. The summed E-state index contributed by atoms with van der Waals surface area (Å²) in [6.45, 7) is 7.28. The molecule has 2 fully saturated rings. The quantitative estimate of drug-likeness (QED) is 0.426. The van der Waals surface area contributed by atoms with Gasteiger partial charge >= 0.3 is 0 Å². The molecule has 3 N–H and O–H groups in total. The zero-order chi connectivity index (χ0) is 22.1. The fourth-order valence-corrected chi connectivity index (χ4v) is 4.12. The summed E-state index contributed by atoms with van der Waals surface area (Å²) in [5.41, 5.74) is 2.30.